The summed E-state index contributed by atoms with van der Waals surface area (Å²) in [7, 11) is 0. The van der Waals surface area contributed by atoms with Gasteiger partial charge in [0.1, 0.15) is 23.1 Å². The second-order valence-electron chi connectivity index (χ2n) is 7.37. The van der Waals surface area contributed by atoms with Gasteiger partial charge in [-0.05, 0) is 31.2 Å². The first kappa shape index (κ1) is 21.4. The van der Waals surface area contributed by atoms with Gasteiger partial charge in [-0.15, -0.1) is 0 Å². The SMILES string of the molecule is Cc1cc(CSc2ncccc2C(=O)N2CCN(CCOc3ccccc3)CC2)no1. The van der Waals surface area contributed by atoms with E-state index in [2.05, 4.69) is 15.0 Å². The summed E-state index contributed by atoms with van der Waals surface area (Å²) in [4.78, 5) is 21.8. The van der Waals surface area contributed by atoms with E-state index in [9.17, 15) is 4.79 Å². The minimum absolute atomic E-state index is 0.0344. The van der Waals surface area contributed by atoms with Gasteiger partial charge in [0, 0.05) is 50.7 Å². The molecule has 1 saturated heterocycles. The van der Waals surface area contributed by atoms with E-state index in [4.69, 9.17) is 9.26 Å². The van der Waals surface area contributed by atoms with Gasteiger partial charge < -0.3 is 14.2 Å². The van der Waals surface area contributed by atoms with Crippen LogP contribution in [0.4, 0.5) is 0 Å². The molecule has 8 heteroatoms. The van der Waals surface area contributed by atoms with Crippen molar-refractivity contribution in [1.29, 1.82) is 0 Å². The molecule has 0 unspecified atom stereocenters. The average molecular weight is 439 g/mol. The van der Waals surface area contributed by atoms with Crippen LogP contribution in [-0.2, 0) is 5.75 Å². The molecule has 0 spiro atoms. The van der Waals surface area contributed by atoms with Gasteiger partial charge in [-0.1, -0.05) is 35.1 Å². The number of carbonyl (C=O) groups excluding carboxylic acids is 1. The zero-order valence-electron chi connectivity index (χ0n) is 17.6. The maximum absolute atomic E-state index is 13.1. The molecule has 0 atom stereocenters. The van der Waals surface area contributed by atoms with Crippen molar-refractivity contribution in [2.45, 2.75) is 17.7 Å². The molecule has 3 heterocycles. The lowest BCUT2D eigenvalue weighted by Crippen LogP contribution is -2.49. The highest BCUT2D eigenvalue weighted by Crippen LogP contribution is 2.25. The Kier molecular flexibility index (Phi) is 7.22. The summed E-state index contributed by atoms with van der Waals surface area (Å²) in [5, 5.41) is 4.74. The van der Waals surface area contributed by atoms with E-state index in [1.165, 1.54) is 11.8 Å². The number of pyridine rings is 1. The van der Waals surface area contributed by atoms with Gasteiger partial charge in [-0.2, -0.15) is 0 Å². The molecule has 1 amide bonds. The van der Waals surface area contributed by atoms with Gasteiger partial charge in [0.25, 0.3) is 5.91 Å². The molecule has 0 bridgehead atoms. The highest BCUT2D eigenvalue weighted by molar-refractivity contribution is 7.98. The van der Waals surface area contributed by atoms with Crippen LogP contribution in [0, 0.1) is 6.92 Å². The van der Waals surface area contributed by atoms with E-state index < -0.39 is 0 Å². The second kappa shape index (κ2) is 10.5. The van der Waals surface area contributed by atoms with Crippen LogP contribution in [0.15, 0.2) is 64.3 Å². The van der Waals surface area contributed by atoms with Crippen molar-refractivity contribution >= 4 is 17.7 Å². The van der Waals surface area contributed by atoms with E-state index in [1.54, 1.807) is 6.20 Å². The van der Waals surface area contributed by atoms with Crippen LogP contribution in [0.1, 0.15) is 21.8 Å². The minimum Gasteiger partial charge on any atom is -0.492 e. The summed E-state index contributed by atoms with van der Waals surface area (Å²) in [5.41, 5.74) is 1.49. The van der Waals surface area contributed by atoms with Crippen LogP contribution in [0.2, 0.25) is 0 Å². The predicted molar refractivity (Wildman–Crippen MR) is 119 cm³/mol. The number of nitrogens with zero attached hydrogens (tertiary/aromatic N) is 4. The maximum atomic E-state index is 13.1. The van der Waals surface area contributed by atoms with Gasteiger partial charge in [-0.25, -0.2) is 4.98 Å². The Balaban J connectivity index is 1.27. The quantitative estimate of drug-likeness (QED) is 0.499. The molecule has 0 N–H and O–H groups in total. The van der Waals surface area contributed by atoms with Crippen molar-refractivity contribution in [3.05, 3.63) is 71.7 Å². The molecule has 0 radical (unpaired) electrons. The highest BCUT2D eigenvalue weighted by Gasteiger charge is 2.24. The molecule has 162 valence electrons. The van der Waals surface area contributed by atoms with E-state index >= 15 is 0 Å². The summed E-state index contributed by atoms with van der Waals surface area (Å²) in [6.07, 6.45) is 1.72. The number of ether oxygens (including phenoxy) is 1. The number of carbonyl (C=O) groups is 1. The van der Waals surface area contributed by atoms with Crippen molar-refractivity contribution in [3.63, 3.8) is 0 Å². The molecule has 2 aromatic heterocycles. The van der Waals surface area contributed by atoms with E-state index in [1.807, 2.05) is 60.4 Å². The second-order valence-corrected chi connectivity index (χ2v) is 8.33. The standard InChI is InChI=1S/C23H26N4O3S/c1-18-16-19(25-30-18)17-31-22-21(8-5-9-24-22)23(28)27-12-10-26(11-13-27)14-15-29-20-6-3-2-4-7-20/h2-9,16H,10-15,17H2,1H3. The number of aromatic nitrogens is 2. The molecule has 0 aliphatic carbocycles. The number of hydrogen-bond acceptors (Lipinski definition) is 7. The van der Waals surface area contributed by atoms with Crippen LogP contribution in [0.25, 0.3) is 0 Å². The monoisotopic (exact) mass is 438 g/mol. The number of hydrogen-bond donors (Lipinski definition) is 0. The Morgan fingerprint density at radius 3 is 2.68 bits per heavy atom. The Morgan fingerprint density at radius 2 is 1.94 bits per heavy atom. The van der Waals surface area contributed by atoms with E-state index in [-0.39, 0.29) is 5.91 Å². The summed E-state index contributed by atoms with van der Waals surface area (Å²) in [5.74, 6) is 2.31. The maximum Gasteiger partial charge on any atom is 0.256 e. The first-order valence-electron chi connectivity index (χ1n) is 10.4. The first-order valence-corrected chi connectivity index (χ1v) is 11.4. The van der Waals surface area contributed by atoms with Crippen molar-refractivity contribution in [2.24, 2.45) is 0 Å². The lowest BCUT2D eigenvalue weighted by Gasteiger charge is -2.34. The number of benzene rings is 1. The van der Waals surface area contributed by atoms with Crippen molar-refractivity contribution < 1.29 is 14.1 Å². The number of rotatable bonds is 8. The van der Waals surface area contributed by atoms with Gasteiger partial charge in [-0.3, -0.25) is 9.69 Å². The van der Waals surface area contributed by atoms with Gasteiger partial charge >= 0.3 is 0 Å². The Morgan fingerprint density at radius 1 is 1.13 bits per heavy atom. The number of para-hydroxylation sites is 1. The van der Waals surface area contributed by atoms with Crippen LogP contribution < -0.4 is 4.74 Å². The third kappa shape index (κ3) is 5.86. The van der Waals surface area contributed by atoms with Crippen LogP contribution >= 0.6 is 11.8 Å². The van der Waals surface area contributed by atoms with Gasteiger partial charge in [0.05, 0.1) is 11.3 Å². The Hall–Kier alpha value is -2.84. The topological polar surface area (TPSA) is 71.7 Å². The normalized spacial score (nSPS) is 14.5. The predicted octanol–water partition coefficient (Wildman–Crippen LogP) is 3.51. The fourth-order valence-electron chi connectivity index (χ4n) is 3.45. The smallest absolute Gasteiger partial charge is 0.256 e. The lowest BCUT2D eigenvalue weighted by molar-refractivity contribution is 0.0616. The largest absolute Gasteiger partial charge is 0.492 e. The molecule has 0 saturated carbocycles. The molecule has 4 rings (SSSR count). The summed E-state index contributed by atoms with van der Waals surface area (Å²) in [6, 6.07) is 15.4. The van der Waals surface area contributed by atoms with E-state index in [0.29, 0.717) is 31.0 Å². The third-order valence-corrected chi connectivity index (χ3v) is 6.15. The lowest BCUT2D eigenvalue weighted by atomic mass is 10.2. The molecule has 1 aliphatic heterocycles. The van der Waals surface area contributed by atoms with E-state index in [0.717, 1.165) is 41.9 Å². The number of piperazine rings is 1. The molecular formula is C23H26N4O3S. The zero-order valence-corrected chi connectivity index (χ0v) is 18.4. The molecule has 31 heavy (non-hydrogen) atoms. The summed E-state index contributed by atoms with van der Waals surface area (Å²) < 4.78 is 10.9. The number of thioether (sulfide) groups is 1. The Labute approximate surface area is 186 Å². The molecule has 1 aliphatic rings. The van der Waals surface area contributed by atoms with Crippen LogP contribution in [0.3, 0.4) is 0 Å². The summed E-state index contributed by atoms with van der Waals surface area (Å²) >= 11 is 1.51. The van der Waals surface area contributed by atoms with Crippen molar-refractivity contribution in [1.82, 2.24) is 19.9 Å². The van der Waals surface area contributed by atoms with Crippen molar-refractivity contribution in [2.75, 3.05) is 39.3 Å². The van der Waals surface area contributed by atoms with Crippen molar-refractivity contribution in [3.8, 4) is 5.75 Å². The minimum atomic E-state index is 0.0344. The molecule has 3 aromatic rings. The van der Waals surface area contributed by atoms with Crippen LogP contribution in [0.5, 0.6) is 5.75 Å². The molecular weight excluding hydrogens is 412 g/mol. The third-order valence-electron chi connectivity index (χ3n) is 5.11. The van der Waals surface area contributed by atoms with Crippen LogP contribution in [-0.4, -0.2) is 65.2 Å². The zero-order chi connectivity index (χ0) is 21.5. The number of aryl methyl sites for hydroxylation is 1. The summed E-state index contributed by atoms with van der Waals surface area (Å²) in [6.45, 7) is 6.43. The molecule has 1 fully saturated rings. The van der Waals surface area contributed by atoms with Gasteiger partial charge in [0.2, 0.25) is 0 Å². The number of amides is 1. The molecule has 7 nitrogen and oxygen atoms in total. The molecule has 1 aromatic carbocycles. The fraction of sp³-hybridized carbons (Fsp3) is 0.348. The average Bonchev–Trinajstić information content (AvgIpc) is 3.24. The van der Waals surface area contributed by atoms with Gasteiger partial charge in [0.15, 0.2) is 0 Å². The Bertz CT molecular complexity index is 987. The first-order chi connectivity index (χ1) is 15.2. The fourth-order valence-corrected chi connectivity index (χ4v) is 4.32. The highest BCUT2D eigenvalue weighted by atomic mass is 32.2.